The monoisotopic (exact) mass is 292 g/mol. The number of rotatable bonds is 1. The summed E-state index contributed by atoms with van der Waals surface area (Å²) in [6.07, 6.45) is 0. The Morgan fingerprint density at radius 3 is 1.29 bits per heavy atom. The molecule has 0 heterocycles. The Labute approximate surface area is 190 Å². The SMILES string of the molecule is OCc1ccccc1.[Na+].[Na+].[Na+].[Na+].[O-][Si]([O-])([O-])[O-]. The van der Waals surface area contributed by atoms with Crippen molar-refractivity contribution in [1.82, 2.24) is 0 Å². The molecule has 1 aromatic rings. The third kappa shape index (κ3) is 32.6. The fourth-order valence-corrected chi connectivity index (χ4v) is 0.583. The summed E-state index contributed by atoms with van der Waals surface area (Å²) in [4.78, 5) is 34.3. The first kappa shape index (κ1) is 32.3. The van der Waals surface area contributed by atoms with Crippen LogP contribution in [-0.2, 0) is 6.61 Å². The Kier molecular flexibility index (Phi) is 36.5. The van der Waals surface area contributed by atoms with Crippen LogP contribution in [0, 0.1) is 0 Å². The van der Waals surface area contributed by atoms with Crippen LogP contribution in [0.4, 0.5) is 0 Å². The molecule has 0 aliphatic rings. The van der Waals surface area contributed by atoms with Gasteiger partial charge in [0.05, 0.1) is 6.61 Å². The standard InChI is InChI=1S/C7H8O.4Na.O4Si/c8-6-7-4-2-1-3-5-7;;;;;1-5(2,3)4/h1-5,8H,6H2;;;;;/q;4*+1;-4. The average Bonchev–Trinajstić information content (AvgIpc) is 2.03. The van der Waals surface area contributed by atoms with Gasteiger partial charge in [-0.2, -0.15) is 0 Å². The molecule has 10 heteroatoms. The Morgan fingerprint density at radius 2 is 1.12 bits per heavy atom. The topological polar surface area (TPSA) is 112 Å². The summed E-state index contributed by atoms with van der Waals surface area (Å²) in [6.45, 7) is 0.140. The second-order valence-electron chi connectivity index (χ2n) is 2.14. The van der Waals surface area contributed by atoms with E-state index in [9.17, 15) is 0 Å². The number of aliphatic hydroxyl groups excluding tert-OH is 1. The zero-order chi connectivity index (χ0) is 10.3. The van der Waals surface area contributed by atoms with E-state index >= 15 is 0 Å². The predicted octanol–water partition coefficient (Wildman–Crippen LogP) is -15.9. The number of hydrogen-bond acceptors (Lipinski definition) is 5. The van der Waals surface area contributed by atoms with Crippen molar-refractivity contribution in [2.75, 3.05) is 0 Å². The van der Waals surface area contributed by atoms with Crippen LogP contribution < -0.4 is 137 Å². The van der Waals surface area contributed by atoms with Crippen LogP contribution in [0.25, 0.3) is 0 Å². The molecule has 5 nitrogen and oxygen atoms in total. The van der Waals surface area contributed by atoms with Crippen LogP contribution in [-0.4, -0.2) is 14.2 Å². The van der Waals surface area contributed by atoms with Gasteiger partial charge in [-0.25, -0.2) is 0 Å². The van der Waals surface area contributed by atoms with Crippen LogP contribution in [0.5, 0.6) is 0 Å². The van der Waals surface area contributed by atoms with Gasteiger partial charge in [0.2, 0.25) is 0 Å². The summed E-state index contributed by atoms with van der Waals surface area (Å²) in [5.41, 5.74) is 0.965. The van der Waals surface area contributed by atoms with E-state index in [2.05, 4.69) is 0 Å². The zero-order valence-electron chi connectivity index (χ0n) is 10.7. The van der Waals surface area contributed by atoms with E-state index in [1.165, 1.54) is 0 Å². The van der Waals surface area contributed by atoms with E-state index in [1.54, 1.807) is 0 Å². The molecule has 0 spiro atoms. The molecule has 0 fully saturated rings. The van der Waals surface area contributed by atoms with E-state index in [0.717, 1.165) is 5.56 Å². The minimum absolute atomic E-state index is 0. The number of hydrogen-bond donors (Lipinski definition) is 1. The maximum atomic E-state index is 8.58. The molecular weight excluding hydrogens is 284 g/mol. The molecule has 0 aliphatic carbocycles. The van der Waals surface area contributed by atoms with Crippen molar-refractivity contribution < 1.29 is 143 Å². The molecule has 0 radical (unpaired) electrons. The summed E-state index contributed by atoms with van der Waals surface area (Å²) in [6, 6.07) is 9.52. The van der Waals surface area contributed by atoms with Gasteiger partial charge in [-0.1, -0.05) is 30.3 Å². The van der Waals surface area contributed by atoms with Gasteiger partial charge in [0.1, 0.15) is 0 Å². The Bertz CT molecular complexity index is 227. The molecule has 1 rings (SSSR count). The number of aliphatic hydroxyl groups is 1. The van der Waals surface area contributed by atoms with E-state index in [0.29, 0.717) is 0 Å². The second kappa shape index (κ2) is 19.2. The first-order chi connectivity index (χ1) is 5.93. The molecule has 17 heavy (non-hydrogen) atoms. The average molecular weight is 292 g/mol. The van der Waals surface area contributed by atoms with Gasteiger partial charge in [0.15, 0.2) is 0 Å². The van der Waals surface area contributed by atoms with Crippen LogP contribution in [0.15, 0.2) is 30.3 Å². The molecule has 0 aliphatic heterocycles. The van der Waals surface area contributed by atoms with Crippen molar-refractivity contribution >= 4 is 9.05 Å². The molecular formula is C7H8Na4O5Si. The molecule has 0 aromatic heterocycles. The first-order valence-electron chi connectivity index (χ1n) is 3.40. The molecule has 0 amide bonds. The summed E-state index contributed by atoms with van der Waals surface area (Å²) >= 11 is 0. The predicted molar refractivity (Wildman–Crippen MR) is 38.1 cm³/mol. The second-order valence-corrected chi connectivity index (χ2v) is 3.14. The molecule has 0 saturated heterocycles. The molecule has 0 unspecified atom stereocenters. The van der Waals surface area contributed by atoms with Crippen molar-refractivity contribution in [3.05, 3.63) is 35.9 Å². The molecule has 0 bridgehead atoms. The van der Waals surface area contributed by atoms with E-state index in [4.69, 9.17) is 24.3 Å². The summed E-state index contributed by atoms with van der Waals surface area (Å²) < 4.78 is 0. The van der Waals surface area contributed by atoms with Crippen molar-refractivity contribution in [3.63, 3.8) is 0 Å². The van der Waals surface area contributed by atoms with Crippen molar-refractivity contribution in [3.8, 4) is 0 Å². The molecule has 1 aromatic carbocycles. The maximum absolute atomic E-state index is 8.58. The summed E-state index contributed by atoms with van der Waals surface area (Å²) in [5, 5.41) is 8.54. The van der Waals surface area contributed by atoms with Gasteiger partial charge in [0.25, 0.3) is 0 Å². The Hall–Kier alpha value is 3.24. The van der Waals surface area contributed by atoms with Crippen LogP contribution >= 0.6 is 0 Å². The third-order valence-corrected chi connectivity index (χ3v) is 1.03. The van der Waals surface area contributed by atoms with Gasteiger partial charge in [-0.3, -0.25) is 0 Å². The van der Waals surface area contributed by atoms with Gasteiger partial charge >= 0.3 is 118 Å². The Balaban J connectivity index is -0.0000000489. The normalized spacial score (nSPS) is 7.82. The van der Waals surface area contributed by atoms with Gasteiger partial charge in [0, 0.05) is 0 Å². The maximum Gasteiger partial charge on any atom is 1.00 e. The molecule has 0 saturated carbocycles. The first-order valence-corrected chi connectivity index (χ1v) is 5.03. The minimum Gasteiger partial charge on any atom is -0.894 e. The quantitative estimate of drug-likeness (QED) is 0.516. The van der Waals surface area contributed by atoms with E-state index < -0.39 is 9.05 Å². The molecule has 0 atom stereocenters. The molecule has 1 N–H and O–H groups in total. The Morgan fingerprint density at radius 1 is 0.824 bits per heavy atom. The van der Waals surface area contributed by atoms with Gasteiger partial charge < -0.3 is 33.3 Å². The van der Waals surface area contributed by atoms with Gasteiger partial charge in [-0.15, -0.1) is 0 Å². The van der Waals surface area contributed by atoms with Gasteiger partial charge in [-0.05, 0) is 5.56 Å². The fraction of sp³-hybridized carbons (Fsp3) is 0.143. The van der Waals surface area contributed by atoms with Crippen molar-refractivity contribution in [1.29, 1.82) is 0 Å². The van der Waals surface area contributed by atoms with Crippen LogP contribution in [0.3, 0.4) is 0 Å². The third-order valence-electron chi connectivity index (χ3n) is 1.03. The smallest absolute Gasteiger partial charge is 0.894 e. The summed E-state index contributed by atoms with van der Waals surface area (Å²) in [7, 11) is -5.61. The van der Waals surface area contributed by atoms with Crippen molar-refractivity contribution in [2.45, 2.75) is 6.61 Å². The van der Waals surface area contributed by atoms with E-state index in [1.807, 2.05) is 30.3 Å². The zero-order valence-corrected chi connectivity index (χ0v) is 19.7. The number of benzene rings is 1. The van der Waals surface area contributed by atoms with E-state index in [-0.39, 0.29) is 125 Å². The largest absolute Gasteiger partial charge is 1.00 e. The fourth-order valence-electron chi connectivity index (χ4n) is 0.583. The molecule has 74 valence electrons. The minimum atomic E-state index is -5.61. The summed E-state index contributed by atoms with van der Waals surface area (Å²) in [5.74, 6) is 0. The van der Waals surface area contributed by atoms with Crippen molar-refractivity contribution in [2.24, 2.45) is 0 Å². The van der Waals surface area contributed by atoms with Crippen LogP contribution in [0.1, 0.15) is 5.56 Å². The van der Waals surface area contributed by atoms with Crippen LogP contribution in [0.2, 0.25) is 0 Å².